The quantitative estimate of drug-likeness (QED) is 0.904. The molecule has 0 radical (unpaired) electrons. The molecule has 0 amide bonds. The van der Waals surface area contributed by atoms with Gasteiger partial charge in [0.15, 0.2) is 0 Å². The Morgan fingerprint density at radius 1 is 1.26 bits per heavy atom. The zero-order chi connectivity index (χ0) is 13.2. The van der Waals surface area contributed by atoms with Gasteiger partial charge in [0.2, 0.25) is 0 Å². The first-order valence-corrected chi connectivity index (χ1v) is 7.80. The van der Waals surface area contributed by atoms with Crippen molar-refractivity contribution in [1.29, 1.82) is 0 Å². The van der Waals surface area contributed by atoms with Gasteiger partial charge in [-0.05, 0) is 43.7 Å². The number of piperazine rings is 1. The van der Waals surface area contributed by atoms with E-state index in [4.69, 9.17) is 4.98 Å². The number of fused-ring (bicyclic) bond motifs is 1. The lowest BCUT2D eigenvalue weighted by Gasteiger charge is -2.41. The second-order valence-corrected chi connectivity index (χ2v) is 5.86. The molecule has 2 aliphatic rings. The fourth-order valence-electron chi connectivity index (χ4n) is 3.35. The van der Waals surface area contributed by atoms with E-state index in [1.807, 2.05) is 0 Å². The van der Waals surface area contributed by atoms with Crippen molar-refractivity contribution in [3.05, 3.63) is 23.4 Å². The van der Waals surface area contributed by atoms with E-state index in [0.717, 1.165) is 13.1 Å². The summed E-state index contributed by atoms with van der Waals surface area (Å²) in [6.07, 6.45) is 6.05. The van der Waals surface area contributed by atoms with E-state index >= 15 is 0 Å². The van der Waals surface area contributed by atoms with Gasteiger partial charge in [-0.25, -0.2) is 4.98 Å². The topological polar surface area (TPSA) is 28.2 Å². The molecule has 104 valence electrons. The summed E-state index contributed by atoms with van der Waals surface area (Å²) in [4.78, 5) is 7.47. The Balaban J connectivity index is 1.85. The monoisotopic (exact) mass is 259 g/mol. The molecular formula is C16H25N3. The Labute approximate surface area is 116 Å². The first kappa shape index (κ1) is 12.9. The Kier molecular flexibility index (Phi) is 3.74. The van der Waals surface area contributed by atoms with Gasteiger partial charge in [0.25, 0.3) is 0 Å². The third-order valence-electron chi connectivity index (χ3n) is 4.67. The third-order valence-corrected chi connectivity index (χ3v) is 4.67. The van der Waals surface area contributed by atoms with Crippen LogP contribution < -0.4 is 10.2 Å². The second-order valence-electron chi connectivity index (χ2n) is 5.86. The van der Waals surface area contributed by atoms with Crippen molar-refractivity contribution in [2.75, 3.05) is 18.0 Å². The number of nitrogens with zero attached hydrogens (tertiary/aromatic N) is 2. The molecule has 1 aliphatic heterocycles. The van der Waals surface area contributed by atoms with E-state index in [-0.39, 0.29) is 0 Å². The van der Waals surface area contributed by atoms with Gasteiger partial charge in [0.05, 0.1) is 0 Å². The Morgan fingerprint density at radius 3 is 2.95 bits per heavy atom. The standard InChI is InChI=1S/C16H25N3/c1-3-13-11-19(14(4-2)10-17-13)16-9-8-12-6-5-7-15(12)18-16/h8-9,13-14,17H,3-7,10-11H2,1-2H3. The van der Waals surface area contributed by atoms with Gasteiger partial charge in [0.1, 0.15) is 5.82 Å². The number of rotatable bonds is 3. The minimum Gasteiger partial charge on any atom is -0.351 e. The molecule has 1 aromatic rings. The zero-order valence-electron chi connectivity index (χ0n) is 12.2. The summed E-state index contributed by atoms with van der Waals surface area (Å²) in [7, 11) is 0. The number of hydrogen-bond acceptors (Lipinski definition) is 3. The number of anilines is 1. The van der Waals surface area contributed by atoms with Gasteiger partial charge < -0.3 is 10.2 Å². The normalized spacial score (nSPS) is 26.5. The first-order chi connectivity index (χ1) is 9.31. The van der Waals surface area contributed by atoms with E-state index in [2.05, 4.69) is 36.2 Å². The molecular weight excluding hydrogens is 234 g/mol. The summed E-state index contributed by atoms with van der Waals surface area (Å²) in [5.74, 6) is 1.20. The lowest BCUT2D eigenvalue weighted by atomic mass is 10.0. The third kappa shape index (κ3) is 2.48. The van der Waals surface area contributed by atoms with E-state index in [0.29, 0.717) is 12.1 Å². The molecule has 0 saturated carbocycles. The lowest BCUT2D eigenvalue weighted by molar-refractivity contribution is 0.376. The molecule has 0 aromatic carbocycles. The molecule has 2 heterocycles. The fraction of sp³-hybridized carbons (Fsp3) is 0.688. The summed E-state index contributed by atoms with van der Waals surface area (Å²) in [5.41, 5.74) is 2.82. The minimum atomic E-state index is 0.592. The largest absolute Gasteiger partial charge is 0.351 e. The number of aromatic nitrogens is 1. The van der Waals surface area contributed by atoms with E-state index in [1.54, 1.807) is 0 Å². The number of hydrogen-bond donors (Lipinski definition) is 1. The zero-order valence-corrected chi connectivity index (χ0v) is 12.2. The van der Waals surface area contributed by atoms with E-state index in [9.17, 15) is 0 Å². The van der Waals surface area contributed by atoms with Crippen LogP contribution in [0.4, 0.5) is 5.82 Å². The van der Waals surface area contributed by atoms with Gasteiger partial charge in [-0.15, -0.1) is 0 Å². The van der Waals surface area contributed by atoms with Crippen molar-refractivity contribution < 1.29 is 0 Å². The summed E-state index contributed by atoms with van der Waals surface area (Å²) < 4.78 is 0. The molecule has 0 spiro atoms. The maximum atomic E-state index is 4.94. The fourth-order valence-corrected chi connectivity index (χ4v) is 3.35. The molecule has 3 nitrogen and oxygen atoms in total. The average molecular weight is 259 g/mol. The molecule has 0 bridgehead atoms. The number of nitrogens with one attached hydrogen (secondary N) is 1. The molecule has 1 N–H and O–H groups in total. The van der Waals surface area contributed by atoms with E-state index < -0.39 is 0 Å². The highest BCUT2D eigenvalue weighted by molar-refractivity contribution is 5.45. The molecule has 1 saturated heterocycles. The van der Waals surface area contributed by atoms with Gasteiger partial charge in [0, 0.05) is 30.9 Å². The molecule has 2 unspecified atom stereocenters. The average Bonchev–Trinajstić information content (AvgIpc) is 2.93. The Hall–Kier alpha value is -1.09. The molecule has 2 atom stereocenters. The summed E-state index contributed by atoms with van der Waals surface area (Å²) in [5, 5.41) is 3.65. The summed E-state index contributed by atoms with van der Waals surface area (Å²) >= 11 is 0. The van der Waals surface area contributed by atoms with Crippen LogP contribution in [0.1, 0.15) is 44.4 Å². The van der Waals surface area contributed by atoms with Gasteiger partial charge in [-0.1, -0.05) is 19.9 Å². The van der Waals surface area contributed by atoms with Crippen LogP contribution in [0.5, 0.6) is 0 Å². The first-order valence-electron chi connectivity index (χ1n) is 7.80. The van der Waals surface area contributed by atoms with Crippen molar-refractivity contribution in [1.82, 2.24) is 10.3 Å². The second kappa shape index (κ2) is 5.49. The van der Waals surface area contributed by atoms with Crippen molar-refractivity contribution in [2.24, 2.45) is 0 Å². The molecule has 19 heavy (non-hydrogen) atoms. The lowest BCUT2D eigenvalue weighted by Crippen LogP contribution is -2.56. The van der Waals surface area contributed by atoms with Gasteiger partial charge in [-0.2, -0.15) is 0 Å². The van der Waals surface area contributed by atoms with Crippen molar-refractivity contribution in [3.8, 4) is 0 Å². The Morgan fingerprint density at radius 2 is 2.16 bits per heavy atom. The highest BCUT2D eigenvalue weighted by atomic mass is 15.3. The number of pyridine rings is 1. The van der Waals surface area contributed by atoms with Crippen molar-refractivity contribution >= 4 is 5.82 Å². The summed E-state index contributed by atoms with van der Waals surface area (Å²) in [6.45, 7) is 6.73. The maximum Gasteiger partial charge on any atom is 0.129 e. The van der Waals surface area contributed by atoms with Crippen LogP contribution in [0.3, 0.4) is 0 Å². The minimum absolute atomic E-state index is 0.592. The highest BCUT2D eigenvalue weighted by Gasteiger charge is 2.27. The molecule has 3 rings (SSSR count). The predicted molar refractivity (Wildman–Crippen MR) is 79.8 cm³/mol. The van der Waals surface area contributed by atoms with Crippen LogP contribution in [0.25, 0.3) is 0 Å². The van der Waals surface area contributed by atoms with Crippen LogP contribution in [0.15, 0.2) is 12.1 Å². The molecule has 1 fully saturated rings. The van der Waals surface area contributed by atoms with Crippen LogP contribution in [0, 0.1) is 0 Å². The highest BCUT2D eigenvalue weighted by Crippen LogP contribution is 2.26. The maximum absolute atomic E-state index is 4.94. The van der Waals surface area contributed by atoms with Crippen LogP contribution in [0.2, 0.25) is 0 Å². The number of aryl methyl sites for hydroxylation is 2. The smallest absolute Gasteiger partial charge is 0.129 e. The summed E-state index contributed by atoms with van der Waals surface area (Å²) in [6, 6.07) is 5.75. The Bertz CT molecular complexity index is 444. The van der Waals surface area contributed by atoms with Gasteiger partial charge in [-0.3, -0.25) is 0 Å². The molecule has 1 aliphatic carbocycles. The molecule has 3 heteroatoms. The van der Waals surface area contributed by atoms with Crippen LogP contribution in [-0.4, -0.2) is 30.2 Å². The van der Waals surface area contributed by atoms with Gasteiger partial charge >= 0.3 is 0 Å². The van der Waals surface area contributed by atoms with E-state index in [1.165, 1.54) is 49.2 Å². The SMILES string of the molecule is CCC1CN(c2ccc3c(n2)CCC3)C(CC)CN1. The van der Waals surface area contributed by atoms with Crippen molar-refractivity contribution in [2.45, 2.75) is 58.0 Å². The van der Waals surface area contributed by atoms with Crippen LogP contribution >= 0.6 is 0 Å². The van der Waals surface area contributed by atoms with Crippen LogP contribution in [-0.2, 0) is 12.8 Å². The predicted octanol–water partition coefficient (Wildman–Crippen LogP) is 2.54. The van der Waals surface area contributed by atoms with Crippen molar-refractivity contribution in [3.63, 3.8) is 0 Å². The molecule has 1 aromatic heterocycles.